The highest BCUT2D eigenvalue weighted by Gasteiger charge is 2.55. The summed E-state index contributed by atoms with van der Waals surface area (Å²) < 4.78 is 4.81. The number of esters is 1. The lowest BCUT2D eigenvalue weighted by Gasteiger charge is -2.19. The summed E-state index contributed by atoms with van der Waals surface area (Å²) in [5, 5.41) is 2.74. The number of Topliss-reactive ketones (excluding diaryl/α,β-unsaturated/α-hetero) is 1. The molecule has 0 radical (unpaired) electrons. The molecule has 5 nitrogen and oxygen atoms in total. The highest BCUT2D eigenvalue weighted by atomic mass is 16.5. The molecular weight excluding hydrogens is 426 g/mol. The zero-order valence-electron chi connectivity index (χ0n) is 19.6. The largest absolute Gasteiger partial charge is 0.467 e. The molecule has 4 rings (SSSR count). The maximum absolute atomic E-state index is 13.6. The van der Waals surface area contributed by atoms with E-state index in [-0.39, 0.29) is 29.5 Å². The van der Waals surface area contributed by atoms with Crippen molar-refractivity contribution in [1.29, 1.82) is 0 Å². The first-order valence-electron chi connectivity index (χ1n) is 11.5. The molecule has 4 atom stereocenters. The molecular formula is C29H29NO4. The van der Waals surface area contributed by atoms with Crippen molar-refractivity contribution in [1.82, 2.24) is 5.32 Å². The molecule has 1 amide bonds. The number of amides is 1. The summed E-state index contributed by atoms with van der Waals surface area (Å²) in [6.07, 6.45) is 0. The molecule has 5 heteroatoms. The van der Waals surface area contributed by atoms with E-state index >= 15 is 0 Å². The van der Waals surface area contributed by atoms with Crippen LogP contribution in [0.4, 0.5) is 0 Å². The third kappa shape index (κ3) is 4.79. The number of nitrogens with one attached hydrogen (secondary N) is 1. The van der Waals surface area contributed by atoms with Gasteiger partial charge in [0.15, 0.2) is 5.78 Å². The van der Waals surface area contributed by atoms with Crippen molar-refractivity contribution in [2.75, 3.05) is 7.11 Å². The van der Waals surface area contributed by atoms with Gasteiger partial charge < -0.3 is 10.1 Å². The van der Waals surface area contributed by atoms with Gasteiger partial charge in [0.25, 0.3) is 5.91 Å². The van der Waals surface area contributed by atoms with Crippen LogP contribution in [0.15, 0.2) is 84.9 Å². The molecule has 1 aliphatic rings. The molecule has 0 bridgehead atoms. The number of hydrogen-bond acceptors (Lipinski definition) is 4. The Bertz CT molecular complexity index is 1130. The normalized spacial score (nSPS) is 19.8. The second kappa shape index (κ2) is 10.0. The standard InChI is InChI=1S/C29H29NO4/c1-18(2)26(29(33)34-3)30-28(32)22-16-10-15-21(17-22)27(31)25-23(19-11-6-4-7-12-19)24(25)20-13-8-5-9-14-20/h4-18,23-26H,1-3H3,(H,30,32)/t23-,24+,25?,26-/m0/s1. The van der Waals surface area contributed by atoms with Gasteiger partial charge in [0.1, 0.15) is 6.04 Å². The van der Waals surface area contributed by atoms with E-state index in [1.807, 2.05) is 50.2 Å². The SMILES string of the molecule is COC(=O)[C@@H](NC(=O)c1cccc(C(=O)C2[C@@H](c3ccccc3)[C@H]2c2ccccc2)c1)C(C)C. The van der Waals surface area contributed by atoms with E-state index in [0.29, 0.717) is 11.1 Å². The molecule has 1 N–H and O–H groups in total. The van der Waals surface area contributed by atoms with E-state index in [4.69, 9.17) is 4.74 Å². The quantitative estimate of drug-likeness (QED) is 0.384. The minimum Gasteiger partial charge on any atom is -0.467 e. The summed E-state index contributed by atoms with van der Waals surface area (Å²) >= 11 is 0. The number of methoxy groups -OCH3 is 1. The van der Waals surface area contributed by atoms with Gasteiger partial charge in [-0.05, 0) is 29.2 Å². The Morgan fingerprint density at radius 3 is 1.79 bits per heavy atom. The van der Waals surface area contributed by atoms with E-state index in [1.54, 1.807) is 24.3 Å². The van der Waals surface area contributed by atoms with Crippen LogP contribution in [0, 0.1) is 11.8 Å². The van der Waals surface area contributed by atoms with Gasteiger partial charge in [0.05, 0.1) is 7.11 Å². The zero-order chi connectivity index (χ0) is 24.2. The molecule has 34 heavy (non-hydrogen) atoms. The first-order chi connectivity index (χ1) is 16.4. The van der Waals surface area contributed by atoms with E-state index in [0.717, 1.165) is 11.1 Å². The highest BCUT2D eigenvalue weighted by molar-refractivity contribution is 6.04. The predicted octanol–water partition coefficient (Wildman–Crippen LogP) is 4.99. The third-order valence-corrected chi connectivity index (χ3v) is 6.51. The van der Waals surface area contributed by atoms with Gasteiger partial charge in [-0.2, -0.15) is 0 Å². The number of carbonyl (C=O) groups excluding carboxylic acids is 3. The molecule has 3 aromatic rings. The predicted molar refractivity (Wildman–Crippen MR) is 131 cm³/mol. The van der Waals surface area contributed by atoms with Gasteiger partial charge in [-0.15, -0.1) is 0 Å². The minimum atomic E-state index is -0.759. The molecule has 0 spiro atoms. The summed E-state index contributed by atoms with van der Waals surface area (Å²) in [4.78, 5) is 38.6. The van der Waals surface area contributed by atoms with Gasteiger partial charge in [0.2, 0.25) is 0 Å². The van der Waals surface area contributed by atoms with Crippen LogP contribution in [0.1, 0.15) is 57.5 Å². The summed E-state index contributed by atoms with van der Waals surface area (Å²) in [6.45, 7) is 3.67. The van der Waals surface area contributed by atoms with Crippen LogP contribution in [-0.2, 0) is 9.53 Å². The summed E-state index contributed by atoms with van der Waals surface area (Å²) in [5.41, 5.74) is 3.12. The monoisotopic (exact) mass is 455 g/mol. The van der Waals surface area contributed by atoms with Gasteiger partial charge in [-0.25, -0.2) is 4.79 Å². The Labute approximate surface area is 200 Å². The number of carbonyl (C=O) groups is 3. The Kier molecular flexibility index (Phi) is 6.92. The fourth-order valence-corrected chi connectivity index (χ4v) is 4.67. The van der Waals surface area contributed by atoms with E-state index in [2.05, 4.69) is 29.6 Å². The molecule has 1 unspecified atom stereocenters. The lowest BCUT2D eigenvalue weighted by atomic mass is 9.99. The Balaban J connectivity index is 1.58. The number of benzene rings is 3. The van der Waals surface area contributed by atoms with E-state index < -0.39 is 17.9 Å². The van der Waals surface area contributed by atoms with Gasteiger partial charge in [-0.3, -0.25) is 9.59 Å². The van der Waals surface area contributed by atoms with Crippen LogP contribution in [0.3, 0.4) is 0 Å². The van der Waals surface area contributed by atoms with Crippen LogP contribution in [0.2, 0.25) is 0 Å². The Hall–Kier alpha value is -3.73. The van der Waals surface area contributed by atoms with Gasteiger partial charge in [-0.1, -0.05) is 86.6 Å². The van der Waals surface area contributed by atoms with E-state index in [9.17, 15) is 14.4 Å². The summed E-state index contributed by atoms with van der Waals surface area (Å²) in [5.74, 6) is -1.02. The lowest BCUT2D eigenvalue weighted by molar-refractivity contribution is -0.144. The van der Waals surface area contributed by atoms with Crippen molar-refractivity contribution in [3.63, 3.8) is 0 Å². The van der Waals surface area contributed by atoms with Crippen molar-refractivity contribution >= 4 is 17.7 Å². The highest BCUT2D eigenvalue weighted by Crippen LogP contribution is 2.61. The number of ether oxygens (including phenoxy) is 1. The smallest absolute Gasteiger partial charge is 0.328 e. The molecule has 0 saturated heterocycles. The van der Waals surface area contributed by atoms with Crippen LogP contribution < -0.4 is 5.32 Å². The average Bonchev–Trinajstić information content (AvgIpc) is 3.63. The topological polar surface area (TPSA) is 72.5 Å². The molecule has 3 aromatic carbocycles. The molecule has 174 valence electrons. The van der Waals surface area contributed by atoms with Crippen LogP contribution in [0.25, 0.3) is 0 Å². The van der Waals surface area contributed by atoms with Gasteiger partial charge >= 0.3 is 5.97 Å². The van der Waals surface area contributed by atoms with Crippen molar-refractivity contribution in [2.45, 2.75) is 31.7 Å². The van der Waals surface area contributed by atoms with Crippen molar-refractivity contribution in [3.8, 4) is 0 Å². The molecule has 1 aliphatic carbocycles. The average molecular weight is 456 g/mol. The van der Waals surface area contributed by atoms with Crippen LogP contribution >= 0.6 is 0 Å². The fraction of sp³-hybridized carbons (Fsp3) is 0.276. The van der Waals surface area contributed by atoms with Crippen LogP contribution in [-0.4, -0.2) is 30.8 Å². The minimum absolute atomic E-state index is 0.0192. The molecule has 0 heterocycles. The Morgan fingerprint density at radius 2 is 1.29 bits per heavy atom. The van der Waals surface area contributed by atoms with E-state index in [1.165, 1.54) is 7.11 Å². The number of hydrogen-bond donors (Lipinski definition) is 1. The summed E-state index contributed by atoms with van der Waals surface area (Å²) in [6, 6.07) is 26.2. The molecule has 1 fully saturated rings. The second-order valence-electron chi connectivity index (χ2n) is 9.06. The molecule has 0 aliphatic heterocycles. The van der Waals surface area contributed by atoms with Crippen molar-refractivity contribution < 1.29 is 19.1 Å². The fourth-order valence-electron chi connectivity index (χ4n) is 4.67. The Morgan fingerprint density at radius 1 is 0.765 bits per heavy atom. The van der Waals surface area contributed by atoms with Gasteiger partial charge in [0, 0.05) is 28.9 Å². The summed E-state index contributed by atoms with van der Waals surface area (Å²) in [7, 11) is 1.30. The maximum atomic E-state index is 13.6. The maximum Gasteiger partial charge on any atom is 0.328 e. The third-order valence-electron chi connectivity index (χ3n) is 6.51. The lowest BCUT2D eigenvalue weighted by Crippen LogP contribution is -2.45. The zero-order valence-corrected chi connectivity index (χ0v) is 19.6. The molecule has 1 saturated carbocycles. The van der Waals surface area contributed by atoms with Crippen molar-refractivity contribution in [3.05, 3.63) is 107 Å². The van der Waals surface area contributed by atoms with Crippen LogP contribution in [0.5, 0.6) is 0 Å². The second-order valence-corrected chi connectivity index (χ2v) is 9.06. The first kappa shape index (κ1) is 23.4. The number of ketones is 1. The van der Waals surface area contributed by atoms with Crippen molar-refractivity contribution in [2.24, 2.45) is 11.8 Å². The first-order valence-corrected chi connectivity index (χ1v) is 11.5. The number of rotatable bonds is 8. The molecule has 0 aromatic heterocycles.